The molecule has 0 aromatic heterocycles. The van der Waals surface area contributed by atoms with Gasteiger partial charge >= 0.3 is 0 Å². The second-order valence-corrected chi connectivity index (χ2v) is 7.30. The van der Waals surface area contributed by atoms with Crippen LogP contribution in [0.2, 0.25) is 0 Å². The molecule has 0 aliphatic carbocycles. The van der Waals surface area contributed by atoms with E-state index < -0.39 is 0 Å². The van der Waals surface area contributed by atoms with E-state index in [1.807, 2.05) is 13.0 Å². The van der Waals surface area contributed by atoms with Gasteiger partial charge in [0.25, 0.3) is 0 Å². The Morgan fingerprint density at radius 1 is 1.35 bits per heavy atom. The SMILES string of the molecule is CN=C(NCCc1ccc(F)cc1C)NCC1CCCN(C(C)C)C1.I. The fourth-order valence-corrected chi connectivity index (χ4v) is 3.45. The van der Waals surface area contributed by atoms with Crippen molar-refractivity contribution in [2.45, 2.75) is 46.1 Å². The molecule has 1 aliphatic heterocycles. The van der Waals surface area contributed by atoms with Crippen molar-refractivity contribution in [1.29, 1.82) is 0 Å². The Morgan fingerprint density at radius 3 is 2.77 bits per heavy atom. The highest BCUT2D eigenvalue weighted by Gasteiger charge is 2.21. The first-order valence-corrected chi connectivity index (χ1v) is 9.43. The molecule has 1 saturated heterocycles. The van der Waals surface area contributed by atoms with Gasteiger partial charge in [0.05, 0.1) is 0 Å². The third kappa shape index (κ3) is 7.39. The van der Waals surface area contributed by atoms with Gasteiger partial charge in [-0.1, -0.05) is 6.07 Å². The van der Waals surface area contributed by atoms with Crippen LogP contribution in [0.15, 0.2) is 23.2 Å². The highest BCUT2D eigenvalue weighted by molar-refractivity contribution is 14.0. The number of likely N-dealkylation sites (tertiary alicyclic amines) is 1. The smallest absolute Gasteiger partial charge is 0.190 e. The molecule has 0 spiro atoms. The number of halogens is 2. The minimum Gasteiger partial charge on any atom is -0.356 e. The monoisotopic (exact) mass is 476 g/mol. The number of aliphatic imine (C=N–C) groups is 1. The molecular formula is C20H34FIN4. The second kappa shape index (κ2) is 11.7. The molecule has 0 saturated carbocycles. The van der Waals surface area contributed by atoms with E-state index in [1.165, 1.54) is 31.0 Å². The lowest BCUT2D eigenvalue weighted by Gasteiger charge is -2.35. The van der Waals surface area contributed by atoms with E-state index >= 15 is 0 Å². The molecule has 1 unspecified atom stereocenters. The summed E-state index contributed by atoms with van der Waals surface area (Å²) >= 11 is 0. The van der Waals surface area contributed by atoms with Gasteiger partial charge in [0.15, 0.2) is 5.96 Å². The van der Waals surface area contributed by atoms with E-state index in [4.69, 9.17) is 0 Å². The Kier molecular flexibility index (Phi) is 10.5. The second-order valence-electron chi connectivity index (χ2n) is 7.30. The van der Waals surface area contributed by atoms with Crippen LogP contribution in [0.3, 0.4) is 0 Å². The Balaban J connectivity index is 0.00000338. The maximum Gasteiger partial charge on any atom is 0.190 e. The first kappa shape index (κ1) is 23.1. The van der Waals surface area contributed by atoms with Crippen LogP contribution in [-0.2, 0) is 6.42 Å². The summed E-state index contributed by atoms with van der Waals surface area (Å²) in [6.07, 6.45) is 3.42. The predicted molar refractivity (Wildman–Crippen MR) is 119 cm³/mol. The number of piperidine rings is 1. The summed E-state index contributed by atoms with van der Waals surface area (Å²) in [4.78, 5) is 6.87. The van der Waals surface area contributed by atoms with Crippen LogP contribution in [0.1, 0.15) is 37.8 Å². The number of nitrogens with one attached hydrogen (secondary N) is 2. The summed E-state index contributed by atoms with van der Waals surface area (Å²) in [7, 11) is 1.81. The van der Waals surface area contributed by atoms with E-state index in [9.17, 15) is 4.39 Å². The molecule has 0 bridgehead atoms. The van der Waals surface area contributed by atoms with Crippen molar-refractivity contribution in [2.24, 2.45) is 10.9 Å². The topological polar surface area (TPSA) is 39.7 Å². The quantitative estimate of drug-likeness (QED) is 0.375. The Bertz CT molecular complexity index is 577. The van der Waals surface area contributed by atoms with E-state index in [0.717, 1.165) is 37.6 Å². The van der Waals surface area contributed by atoms with Gasteiger partial charge in [-0.3, -0.25) is 4.99 Å². The molecule has 1 heterocycles. The van der Waals surface area contributed by atoms with Gasteiger partial charge in [0.1, 0.15) is 5.82 Å². The Labute approximate surface area is 175 Å². The molecule has 0 radical (unpaired) electrons. The average Bonchev–Trinajstić information content (AvgIpc) is 2.59. The fourth-order valence-electron chi connectivity index (χ4n) is 3.45. The lowest BCUT2D eigenvalue weighted by atomic mass is 9.97. The standard InChI is InChI=1S/C20H33FN4.HI/c1-15(2)25-11-5-6-17(14-25)13-24-20(22-4)23-10-9-18-7-8-19(21)12-16(18)3;/h7-8,12,15,17H,5-6,9-11,13-14H2,1-4H3,(H2,22,23,24);1H. The van der Waals surface area contributed by atoms with E-state index in [1.54, 1.807) is 13.1 Å². The predicted octanol–water partition coefficient (Wildman–Crippen LogP) is 3.58. The van der Waals surface area contributed by atoms with Crippen LogP contribution in [-0.4, -0.2) is 50.1 Å². The molecule has 4 nitrogen and oxygen atoms in total. The summed E-state index contributed by atoms with van der Waals surface area (Å²) in [6.45, 7) is 10.6. The van der Waals surface area contributed by atoms with Crippen molar-refractivity contribution in [3.8, 4) is 0 Å². The highest BCUT2D eigenvalue weighted by Crippen LogP contribution is 2.17. The zero-order chi connectivity index (χ0) is 18.2. The molecule has 1 atom stereocenters. The van der Waals surface area contributed by atoms with E-state index in [2.05, 4.69) is 34.4 Å². The number of hydrogen-bond donors (Lipinski definition) is 2. The largest absolute Gasteiger partial charge is 0.356 e. The van der Waals surface area contributed by atoms with Crippen LogP contribution < -0.4 is 10.6 Å². The van der Waals surface area contributed by atoms with Crippen molar-refractivity contribution in [3.05, 3.63) is 35.1 Å². The molecule has 2 rings (SSSR count). The Hall–Kier alpha value is -0.890. The lowest BCUT2D eigenvalue weighted by molar-refractivity contribution is 0.141. The number of nitrogens with zero attached hydrogens (tertiary/aromatic N) is 2. The van der Waals surface area contributed by atoms with Gasteiger partial charge in [0.2, 0.25) is 0 Å². The molecule has 148 valence electrons. The Morgan fingerprint density at radius 2 is 2.12 bits per heavy atom. The van der Waals surface area contributed by atoms with Crippen molar-refractivity contribution in [2.75, 3.05) is 33.2 Å². The lowest BCUT2D eigenvalue weighted by Crippen LogP contribution is -2.46. The zero-order valence-electron chi connectivity index (χ0n) is 16.5. The van der Waals surface area contributed by atoms with Gasteiger partial charge in [-0.15, -0.1) is 24.0 Å². The van der Waals surface area contributed by atoms with Crippen LogP contribution in [0.5, 0.6) is 0 Å². The van der Waals surface area contributed by atoms with E-state index in [-0.39, 0.29) is 29.8 Å². The summed E-state index contributed by atoms with van der Waals surface area (Å²) < 4.78 is 13.2. The molecule has 2 N–H and O–H groups in total. The summed E-state index contributed by atoms with van der Waals surface area (Å²) in [6, 6.07) is 5.61. The molecular weight excluding hydrogens is 442 g/mol. The van der Waals surface area contributed by atoms with Gasteiger partial charge in [-0.25, -0.2) is 4.39 Å². The minimum absolute atomic E-state index is 0. The highest BCUT2D eigenvalue weighted by atomic mass is 127. The van der Waals surface area contributed by atoms with Crippen LogP contribution in [0.4, 0.5) is 4.39 Å². The summed E-state index contributed by atoms with van der Waals surface area (Å²) in [5.74, 6) is 1.35. The third-order valence-corrected chi connectivity index (χ3v) is 5.05. The summed E-state index contributed by atoms with van der Waals surface area (Å²) in [5, 5.41) is 6.83. The number of guanidine groups is 1. The molecule has 6 heteroatoms. The van der Waals surface area contributed by atoms with Crippen molar-refractivity contribution in [1.82, 2.24) is 15.5 Å². The molecule has 1 fully saturated rings. The third-order valence-electron chi connectivity index (χ3n) is 5.05. The molecule has 1 aromatic carbocycles. The van der Waals surface area contributed by atoms with Gasteiger partial charge in [-0.05, 0) is 75.8 Å². The van der Waals surface area contributed by atoms with E-state index in [0.29, 0.717) is 12.0 Å². The van der Waals surface area contributed by atoms with Crippen LogP contribution in [0.25, 0.3) is 0 Å². The molecule has 26 heavy (non-hydrogen) atoms. The molecule has 1 aliphatic rings. The number of aryl methyl sites for hydroxylation is 1. The zero-order valence-corrected chi connectivity index (χ0v) is 18.8. The van der Waals surface area contributed by atoms with Gasteiger partial charge in [-0.2, -0.15) is 0 Å². The first-order valence-electron chi connectivity index (χ1n) is 9.43. The molecule has 1 aromatic rings. The fraction of sp³-hybridized carbons (Fsp3) is 0.650. The van der Waals surface area contributed by atoms with Crippen molar-refractivity contribution in [3.63, 3.8) is 0 Å². The molecule has 0 amide bonds. The number of rotatable bonds is 6. The average molecular weight is 476 g/mol. The first-order chi connectivity index (χ1) is 12.0. The van der Waals surface area contributed by atoms with Gasteiger partial charge < -0.3 is 15.5 Å². The van der Waals surface area contributed by atoms with Gasteiger partial charge in [0, 0.05) is 32.7 Å². The maximum atomic E-state index is 13.2. The number of benzene rings is 1. The van der Waals surface area contributed by atoms with Crippen molar-refractivity contribution < 1.29 is 4.39 Å². The minimum atomic E-state index is -0.172. The van der Waals surface area contributed by atoms with Crippen molar-refractivity contribution >= 4 is 29.9 Å². The maximum absolute atomic E-state index is 13.2. The van der Waals surface area contributed by atoms with Crippen LogP contribution >= 0.6 is 24.0 Å². The number of hydrogen-bond acceptors (Lipinski definition) is 2. The summed E-state index contributed by atoms with van der Waals surface area (Å²) in [5.41, 5.74) is 2.17. The normalized spacial score (nSPS) is 18.5. The van der Waals surface area contributed by atoms with Crippen LogP contribution in [0, 0.1) is 18.7 Å².